The van der Waals surface area contributed by atoms with E-state index >= 15 is 0 Å². The highest BCUT2D eigenvalue weighted by Crippen LogP contribution is 2.09. The highest BCUT2D eigenvalue weighted by molar-refractivity contribution is 6.04. The number of benzene rings is 1. The molecule has 3 N–H and O–H groups in total. The van der Waals surface area contributed by atoms with Crippen molar-refractivity contribution in [3.63, 3.8) is 0 Å². The van der Waals surface area contributed by atoms with E-state index in [-0.39, 0.29) is 18.4 Å². The zero-order valence-corrected chi connectivity index (χ0v) is 14.1. The normalized spacial score (nSPS) is 10.3. The summed E-state index contributed by atoms with van der Waals surface area (Å²) < 4.78 is 4.89. The first-order chi connectivity index (χ1) is 12.2. The summed E-state index contributed by atoms with van der Waals surface area (Å²) in [6.07, 6.45) is 3.23. The van der Waals surface area contributed by atoms with E-state index in [0.29, 0.717) is 30.9 Å². The van der Waals surface area contributed by atoms with Crippen LogP contribution in [0.3, 0.4) is 0 Å². The first-order valence-corrected chi connectivity index (χ1v) is 7.95. The van der Waals surface area contributed by atoms with Gasteiger partial charge in [0, 0.05) is 43.8 Å². The maximum Gasteiger partial charge on any atom is 0.255 e. The molecule has 25 heavy (non-hydrogen) atoms. The van der Waals surface area contributed by atoms with Gasteiger partial charge in [-0.1, -0.05) is 12.1 Å². The molecule has 1 aromatic heterocycles. The van der Waals surface area contributed by atoms with Crippen LogP contribution >= 0.6 is 0 Å². The van der Waals surface area contributed by atoms with Crippen molar-refractivity contribution in [2.24, 2.45) is 0 Å². The number of carbonyl (C=O) groups excluding carboxylic acids is 2. The van der Waals surface area contributed by atoms with Crippen LogP contribution in [0.15, 0.2) is 48.8 Å². The second kappa shape index (κ2) is 10.2. The molecular weight excluding hydrogens is 320 g/mol. The summed E-state index contributed by atoms with van der Waals surface area (Å²) >= 11 is 0. The molecule has 132 valence electrons. The van der Waals surface area contributed by atoms with Gasteiger partial charge in [0.15, 0.2) is 0 Å². The maximum absolute atomic E-state index is 12.1. The fraction of sp³-hybridized carbons (Fsp3) is 0.278. The summed E-state index contributed by atoms with van der Waals surface area (Å²) in [6.45, 7) is 1.86. The smallest absolute Gasteiger partial charge is 0.255 e. The number of rotatable bonds is 9. The molecule has 7 nitrogen and oxygen atoms in total. The summed E-state index contributed by atoms with van der Waals surface area (Å²) in [7, 11) is 1.61. The molecule has 0 radical (unpaired) electrons. The lowest BCUT2D eigenvalue weighted by Crippen LogP contribution is -2.34. The van der Waals surface area contributed by atoms with Gasteiger partial charge in [0.2, 0.25) is 5.91 Å². The molecule has 0 fully saturated rings. The molecule has 1 heterocycles. The van der Waals surface area contributed by atoms with Crippen molar-refractivity contribution in [3.05, 3.63) is 59.9 Å². The van der Waals surface area contributed by atoms with E-state index in [9.17, 15) is 9.59 Å². The Labute approximate surface area is 146 Å². The molecule has 0 saturated carbocycles. The van der Waals surface area contributed by atoms with Gasteiger partial charge in [-0.3, -0.25) is 14.6 Å². The van der Waals surface area contributed by atoms with Gasteiger partial charge in [-0.2, -0.15) is 0 Å². The molecule has 1 aromatic carbocycles. The van der Waals surface area contributed by atoms with E-state index < -0.39 is 0 Å². The molecule has 2 rings (SSSR count). The third-order valence-electron chi connectivity index (χ3n) is 3.41. The summed E-state index contributed by atoms with van der Waals surface area (Å²) in [5, 5.41) is 8.58. The Hall–Kier alpha value is -2.77. The minimum atomic E-state index is -0.191. The molecule has 0 saturated heterocycles. The van der Waals surface area contributed by atoms with Gasteiger partial charge < -0.3 is 20.7 Å². The highest BCUT2D eigenvalue weighted by Gasteiger charge is 2.06. The minimum absolute atomic E-state index is 0.0874. The second-order valence-corrected chi connectivity index (χ2v) is 5.33. The third-order valence-corrected chi connectivity index (χ3v) is 3.41. The Morgan fingerprint density at radius 2 is 1.80 bits per heavy atom. The standard InChI is InChI=1S/C18H22N4O3/c1-25-11-10-20-13-17(23)21-12-14-2-4-15(5-3-14)18(24)22-16-6-8-19-9-7-16/h2-9,20H,10-13H2,1H3,(H,21,23)(H,19,22,24). The Bertz CT molecular complexity index is 674. The molecule has 0 aliphatic carbocycles. The Morgan fingerprint density at radius 1 is 1.08 bits per heavy atom. The zero-order chi connectivity index (χ0) is 17.9. The number of carbonyl (C=O) groups is 2. The van der Waals surface area contributed by atoms with Crippen LogP contribution in [-0.2, 0) is 16.1 Å². The van der Waals surface area contributed by atoms with Crippen LogP contribution in [0.4, 0.5) is 5.69 Å². The van der Waals surface area contributed by atoms with Crippen molar-refractivity contribution in [2.75, 3.05) is 32.1 Å². The van der Waals surface area contributed by atoms with Gasteiger partial charge in [0.1, 0.15) is 0 Å². The Kier molecular flexibility index (Phi) is 7.55. The number of nitrogens with one attached hydrogen (secondary N) is 3. The molecule has 0 spiro atoms. The van der Waals surface area contributed by atoms with Crippen LogP contribution < -0.4 is 16.0 Å². The van der Waals surface area contributed by atoms with Gasteiger partial charge in [-0.25, -0.2) is 0 Å². The Balaban J connectivity index is 1.77. The lowest BCUT2D eigenvalue weighted by molar-refractivity contribution is -0.120. The van der Waals surface area contributed by atoms with Gasteiger partial charge >= 0.3 is 0 Å². The average Bonchev–Trinajstić information content (AvgIpc) is 2.65. The van der Waals surface area contributed by atoms with Crippen molar-refractivity contribution in [1.29, 1.82) is 0 Å². The number of hydrogen-bond donors (Lipinski definition) is 3. The molecular formula is C18H22N4O3. The van der Waals surface area contributed by atoms with E-state index in [1.54, 1.807) is 43.8 Å². The topological polar surface area (TPSA) is 92.4 Å². The van der Waals surface area contributed by atoms with Crippen LogP contribution in [0.25, 0.3) is 0 Å². The predicted molar refractivity (Wildman–Crippen MR) is 95.2 cm³/mol. The lowest BCUT2D eigenvalue weighted by Gasteiger charge is -2.08. The number of amides is 2. The van der Waals surface area contributed by atoms with Crippen LogP contribution in [0, 0.1) is 0 Å². The van der Waals surface area contributed by atoms with Crippen LogP contribution in [0.1, 0.15) is 15.9 Å². The first-order valence-electron chi connectivity index (χ1n) is 7.95. The molecule has 0 bridgehead atoms. The summed E-state index contributed by atoms with van der Waals surface area (Å²) in [5.74, 6) is -0.278. The van der Waals surface area contributed by atoms with Gasteiger partial charge in [-0.05, 0) is 29.8 Å². The zero-order valence-electron chi connectivity index (χ0n) is 14.1. The van der Waals surface area contributed by atoms with E-state index in [0.717, 1.165) is 5.56 Å². The molecule has 2 amide bonds. The molecule has 0 unspecified atom stereocenters. The van der Waals surface area contributed by atoms with Crippen LogP contribution in [-0.4, -0.2) is 43.6 Å². The molecule has 0 atom stereocenters. The number of nitrogens with zero attached hydrogens (tertiary/aromatic N) is 1. The molecule has 0 aliphatic heterocycles. The molecule has 0 aliphatic rings. The maximum atomic E-state index is 12.1. The molecule has 7 heteroatoms. The van der Waals surface area contributed by atoms with Crippen molar-refractivity contribution < 1.29 is 14.3 Å². The number of hydrogen-bond acceptors (Lipinski definition) is 5. The van der Waals surface area contributed by atoms with Crippen LogP contribution in [0.5, 0.6) is 0 Å². The first kappa shape index (κ1) is 18.6. The number of aromatic nitrogens is 1. The van der Waals surface area contributed by atoms with Gasteiger partial charge in [0.25, 0.3) is 5.91 Å². The summed E-state index contributed by atoms with van der Waals surface area (Å²) in [6, 6.07) is 10.6. The molecule has 2 aromatic rings. The number of ether oxygens (including phenoxy) is 1. The SMILES string of the molecule is COCCNCC(=O)NCc1ccc(C(=O)Nc2ccncc2)cc1. The third kappa shape index (κ3) is 6.70. The average molecular weight is 342 g/mol. The predicted octanol–water partition coefficient (Wildman–Crippen LogP) is 1.19. The largest absolute Gasteiger partial charge is 0.383 e. The quantitative estimate of drug-likeness (QED) is 0.595. The summed E-state index contributed by atoms with van der Waals surface area (Å²) in [5.41, 5.74) is 2.16. The highest BCUT2D eigenvalue weighted by atomic mass is 16.5. The fourth-order valence-electron chi connectivity index (χ4n) is 2.05. The van der Waals surface area contributed by atoms with Gasteiger partial charge in [-0.15, -0.1) is 0 Å². The number of methoxy groups -OCH3 is 1. The Morgan fingerprint density at radius 3 is 2.48 bits per heavy atom. The van der Waals surface area contributed by atoms with Crippen molar-refractivity contribution in [1.82, 2.24) is 15.6 Å². The van der Waals surface area contributed by atoms with E-state index in [1.807, 2.05) is 12.1 Å². The van der Waals surface area contributed by atoms with Crippen molar-refractivity contribution in [2.45, 2.75) is 6.54 Å². The van der Waals surface area contributed by atoms with Crippen LogP contribution in [0.2, 0.25) is 0 Å². The lowest BCUT2D eigenvalue weighted by atomic mass is 10.1. The summed E-state index contributed by atoms with van der Waals surface area (Å²) in [4.78, 5) is 27.7. The van der Waals surface area contributed by atoms with E-state index in [4.69, 9.17) is 4.74 Å². The minimum Gasteiger partial charge on any atom is -0.383 e. The van der Waals surface area contributed by atoms with Crippen molar-refractivity contribution >= 4 is 17.5 Å². The number of pyridine rings is 1. The fourth-order valence-corrected chi connectivity index (χ4v) is 2.05. The second-order valence-electron chi connectivity index (χ2n) is 5.33. The van der Waals surface area contributed by atoms with E-state index in [1.165, 1.54) is 0 Å². The number of anilines is 1. The van der Waals surface area contributed by atoms with E-state index in [2.05, 4.69) is 20.9 Å². The van der Waals surface area contributed by atoms with Crippen molar-refractivity contribution in [3.8, 4) is 0 Å². The monoisotopic (exact) mass is 342 g/mol. The van der Waals surface area contributed by atoms with Gasteiger partial charge in [0.05, 0.1) is 13.2 Å².